The van der Waals surface area contributed by atoms with E-state index in [9.17, 15) is 9.18 Å². The zero-order valence-corrected chi connectivity index (χ0v) is 10.1. The number of carbonyl (C=O) groups excluding carboxylic acids is 1. The largest absolute Gasteiger partial charge is 0.396 e. The van der Waals surface area contributed by atoms with E-state index in [0.29, 0.717) is 25.4 Å². The summed E-state index contributed by atoms with van der Waals surface area (Å²) < 4.78 is 13.4. The Balaban J connectivity index is 1.91. The van der Waals surface area contributed by atoms with Gasteiger partial charge in [-0.15, -0.1) is 0 Å². The molecule has 1 aliphatic rings. The summed E-state index contributed by atoms with van der Waals surface area (Å²) in [6, 6.07) is 5.83. The number of amides is 2. The van der Waals surface area contributed by atoms with Crippen LogP contribution in [-0.4, -0.2) is 35.7 Å². The van der Waals surface area contributed by atoms with Gasteiger partial charge in [0.05, 0.1) is 5.69 Å². The molecule has 1 saturated heterocycles. The summed E-state index contributed by atoms with van der Waals surface area (Å²) in [5.41, 5.74) is 0.202. The molecule has 98 valence electrons. The Kier molecular flexibility index (Phi) is 4.15. The first kappa shape index (κ1) is 12.8. The first-order chi connectivity index (χ1) is 8.70. The van der Waals surface area contributed by atoms with Gasteiger partial charge in [-0.1, -0.05) is 12.1 Å². The number of anilines is 1. The Hall–Kier alpha value is -1.62. The van der Waals surface area contributed by atoms with Gasteiger partial charge in [0.1, 0.15) is 5.82 Å². The molecule has 0 spiro atoms. The second-order valence-corrected chi connectivity index (χ2v) is 4.52. The fourth-order valence-electron chi connectivity index (χ4n) is 2.19. The van der Waals surface area contributed by atoms with Crippen molar-refractivity contribution in [2.45, 2.75) is 12.8 Å². The monoisotopic (exact) mass is 252 g/mol. The summed E-state index contributed by atoms with van der Waals surface area (Å²) in [4.78, 5) is 13.6. The van der Waals surface area contributed by atoms with Gasteiger partial charge in [-0.3, -0.25) is 0 Å². The first-order valence-electron chi connectivity index (χ1n) is 6.12. The number of aliphatic hydroxyl groups is 1. The van der Waals surface area contributed by atoms with E-state index in [4.69, 9.17) is 5.11 Å². The van der Waals surface area contributed by atoms with Crippen molar-refractivity contribution in [1.29, 1.82) is 0 Å². The smallest absolute Gasteiger partial charge is 0.321 e. The topological polar surface area (TPSA) is 52.6 Å². The second-order valence-electron chi connectivity index (χ2n) is 4.52. The van der Waals surface area contributed by atoms with Crippen molar-refractivity contribution in [1.82, 2.24) is 4.90 Å². The van der Waals surface area contributed by atoms with E-state index in [2.05, 4.69) is 5.32 Å². The molecule has 5 heteroatoms. The molecule has 1 fully saturated rings. The summed E-state index contributed by atoms with van der Waals surface area (Å²) in [5.74, 6) is -0.0849. The van der Waals surface area contributed by atoms with Gasteiger partial charge >= 0.3 is 6.03 Å². The van der Waals surface area contributed by atoms with Crippen LogP contribution in [0.2, 0.25) is 0 Å². The highest BCUT2D eigenvalue weighted by molar-refractivity contribution is 5.89. The first-order valence-corrected chi connectivity index (χ1v) is 6.12. The lowest BCUT2D eigenvalue weighted by molar-refractivity contribution is 0.217. The zero-order chi connectivity index (χ0) is 13.0. The van der Waals surface area contributed by atoms with Crippen LogP contribution in [-0.2, 0) is 0 Å². The molecular weight excluding hydrogens is 235 g/mol. The number of halogens is 1. The number of aliphatic hydroxyl groups excluding tert-OH is 1. The van der Waals surface area contributed by atoms with Gasteiger partial charge in [-0.05, 0) is 30.9 Å². The van der Waals surface area contributed by atoms with Crippen LogP contribution in [0.15, 0.2) is 24.3 Å². The minimum atomic E-state index is -0.433. The molecule has 1 aromatic rings. The lowest BCUT2D eigenvalue weighted by Gasteiger charge is -2.17. The Morgan fingerprint density at radius 1 is 1.50 bits per heavy atom. The van der Waals surface area contributed by atoms with Crippen LogP contribution in [0.25, 0.3) is 0 Å². The number of likely N-dealkylation sites (tertiary alicyclic amines) is 1. The van der Waals surface area contributed by atoms with Gasteiger partial charge in [-0.2, -0.15) is 0 Å². The second kappa shape index (κ2) is 5.82. The van der Waals surface area contributed by atoms with Crippen molar-refractivity contribution in [3.8, 4) is 0 Å². The van der Waals surface area contributed by atoms with Crippen molar-refractivity contribution in [2.24, 2.45) is 5.92 Å². The van der Waals surface area contributed by atoms with Crippen LogP contribution >= 0.6 is 0 Å². The number of para-hydroxylation sites is 1. The fraction of sp³-hybridized carbons (Fsp3) is 0.462. The standard InChI is InChI=1S/C13H17FN2O2/c14-11-3-1-2-4-12(11)15-13(18)16-7-5-10(9-16)6-8-17/h1-4,10,17H,5-9H2,(H,15,18). The molecule has 1 aromatic carbocycles. The van der Waals surface area contributed by atoms with Gasteiger partial charge < -0.3 is 15.3 Å². The minimum absolute atomic E-state index is 0.146. The third-order valence-corrected chi connectivity index (χ3v) is 3.23. The van der Waals surface area contributed by atoms with Crippen LogP contribution in [0.5, 0.6) is 0 Å². The predicted molar refractivity (Wildman–Crippen MR) is 66.8 cm³/mol. The molecule has 1 atom stereocenters. The van der Waals surface area contributed by atoms with E-state index in [0.717, 1.165) is 6.42 Å². The fourth-order valence-corrected chi connectivity index (χ4v) is 2.19. The third kappa shape index (κ3) is 2.98. The summed E-state index contributed by atoms with van der Waals surface area (Å²) in [5, 5.41) is 11.4. The average molecular weight is 252 g/mol. The highest BCUT2D eigenvalue weighted by Crippen LogP contribution is 2.20. The predicted octanol–water partition coefficient (Wildman–Crippen LogP) is 2.06. The highest BCUT2D eigenvalue weighted by Gasteiger charge is 2.26. The summed E-state index contributed by atoms with van der Waals surface area (Å²) in [7, 11) is 0. The SMILES string of the molecule is O=C(Nc1ccccc1F)N1CCC(CCO)C1. The summed E-state index contributed by atoms with van der Waals surface area (Å²) >= 11 is 0. The normalized spacial score (nSPS) is 19.0. The molecule has 1 aliphatic heterocycles. The molecule has 0 radical (unpaired) electrons. The van der Waals surface area contributed by atoms with Crippen molar-refractivity contribution in [3.05, 3.63) is 30.1 Å². The Bertz CT molecular complexity index is 425. The lowest BCUT2D eigenvalue weighted by Crippen LogP contribution is -2.33. The summed E-state index contributed by atoms with van der Waals surface area (Å²) in [6.45, 7) is 1.43. The van der Waals surface area contributed by atoms with Crippen molar-refractivity contribution < 1.29 is 14.3 Å². The van der Waals surface area contributed by atoms with Crippen LogP contribution in [0.1, 0.15) is 12.8 Å². The molecule has 0 aromatic heterocycles. The Labute approximate surface area is 105 Å². The highest BCUT2D eigenvalue weighted by atomic mass is 19.1. The zero-order valence-electron chi connectivity index (χ0n) is 10.1. The van der Waals surface area contributed by atoms with Crippen molar-refractivity contribution >= 4 is 11.7 Å². The molecule has 4 nitrogen and oxygen atoms in total. The molecule has 0 bridgehead atoms. The van der Waals surface area contributed by atoms with Gasteiger partial charge in [0.15, 0.2) is 0 Å². The van der Waals surface area contributed by atoms with E-state index < -0.39 is 5.82 Å². The molecule has 18 heavy (non-hydrogen) atoms. The summed E-state index contributed by atoms with van der Waals surface area (Å²) in [6.07, 6.45) is 1.61. The number of hydrogen-bond donors (Lipinski definition) is 2. The van der Waals surface area contributed by atoms with Crippen LogP contribution in [0, 0.1) is 11.7 Å². The van der Waals surface area contributed by atoms with E-state index in [1.807, 2.05) is 0 Å². The van der Waals surface area contributed by atoms with E-state index in [1.165, 1.54) is 12.1 Å². The molecule has 1 unspecified atom stereocenters. The van der Waals surface area contributed by atoms with E-state index >= 15 is 0 Å². The molecule has 2 rings (SSSR count). The molecule has 1 heterocycles. The Morgan fingerprint density at radius 3 is 3.00 bits per heavy atom. The van der Waals surface area contributed by atoms with Crippen molar-refractivity contribution in [3.63, 3.8) is 0 Å². The van der Waals surface area contributed by atoms with Gasteiger partial charge in [-0.25, -0.2) is 9.18 Å². The molecule has 0 aliphatic carbocycles. The van der Waals surface area contributed by atoms with Gasteiger partial charge in [0, 0.05) is 19.7 Å². The number of nitrogens with one attached hydrogen (secondary N) is 1. The maximum atomic E-state index is 13.4. The maximum Gasteiger partial charge on any atom is 0.321 e. The van der Waals surface area contributed by atoms with Gasteiger partial charge in [0.25, 0.3) is 0 Å². The lowest BCUT2D eigenvalue weighted by atomic mass is 10.1. The van der Waals surface area contributed by atoms with E-state index in [-0.39, 0.29) is 18.3 Å². The van der Waals surface area contributed by atoms with Crippen molar-refractivity contribution in [2.75, 3.05) is 25.0 Å². The number of carbonyl (C=O) groups is 1. The van der Waals surface area contributed by atoms with Crippen LogP contribution in [0.4, 0.5) is 14.9 Å². The number of nitrogens with zero attached hydrogens (tertiary/aromatic N) is 1. The van der Waals surface area contributed by atoms with Crippen LogP contribution in [0.3, 0.4) is 0 Å². The van der Waals surface area contributed by atoms with Crippen LogP contribution < -0.4 is 5.32 Å². The van der Waals surface area contributed by atoms with Gasteiger partial charge in [0.2, 0.25) is 0 Å². The molecular formula is C13H17FN2O2. The number of hydrogen-bond acceptors (Lipinski definition) is 2. The minimum Gasteiger partial charge on any atom is -0.396 e. The average Bonchev–Trinajstić information content (AvgIpc) is 2.81. The maximum absolute atomic E-state index is 13.4. The quantitative estimate of drug-likeness (QED) is 0.865. The number of benzene rings is 1. The molecule has 2 N–H and O–H groups in total. The van der Waals surface area contributed by atoms with E-state index in [1.54, 1.807) is 17.0 Å². The molecule has 0 saturated carbocycles. The molecule has 2 amide bonds. The third-order valence-electron chi connectivity index (χ3n) is 3.23. The number of rotatable bonds is 3. The Morgan fingerprint density at radius 2 is 2.28 bits per heavy atom. The number of urea groups is 1.